The van der Waals surface area contributed by atoms with E-state index in [1.54, 1.807) is 11.3 Å². The van der Waals surface area contributed by atoms with Gasteiger partial charge in [0.25, 0.3) is 0 Å². The van der Waals surface area contributed by atoms with E-state index in [1.807, 2.05) is 16.0 Å². The zero-order chi connectivity index (χ0) is 12.4. The molecular weight excluding hydrogens is 244 g/mol. The van der Waals surface area contributed by atoms with Crippen molar-refractivity contribution >= 4 is 16.3 Å². The van der Waals surface area contributed by atoms with Crippen LogP contribution in [0.1, 0.15) is 12.0 Å². The summed E-state index contributed by atoms with van der Waals surface area (Å²) in [6.07, 6.45) is 5.81. The van der Waals surface area contributed by atoms with Crippen LogP contribution < -0.4 is 0 Å². The minimum atomic E-state index is 0.249. The lowest BCUT2D eigenvalue weighted by atomic mass is 10.1. The molecule has 2 heterocycles. The molecule has 1 N–H and O–H groups in total. The lowest BCUT2D eigenvalue weighted by Gasteiger charge is -2.01. The Balaban J connectivity index is 1.85. The predicted octanol–water partition coefficient (Wildman–Crippen LogP) is 2.99. The van der Waals surface area contributed by atoms with Gasteiger partial charge in [-0.15, -0.1) is 11.3 Å². The number of hydrogen-bond acceptors (Lipinski definition) is 3. The first-order valence-electron chi connectivity index (χ1n) is 5.99. The molecule has 3 aromatic rings. The number of rotatable bonds is 4. The molecule has 0 spiro atoms. The van der Waals surface area contributed by atoms with E-state index in [1.165, 1.54) is 5.56 Å². The van der Waals surface area contributed by atoms with Gasteiger partial charge in [-0.3, -0.25) is 4.40 Å². The number of fused-ring (bicyclic) bond motifs is 1. The Morgan fingerprint density at radius 2 is 2.06 bits per heavy atom. The maximum Gasteiger partial charge on any atom is 0.194 e. The summed E-state index contributed by atoms with van der Waals surface area (Å²) in [6, 6.07) is 8.41. The molecule has 92 valence electrons. The Morgan fingerprint density at radius 3 is 2.78 bits per heavy atom. The monoisotopic (exact) mass is 258 g/mol. The number of aliphatic hydroxyl groups is 1. The summed E-state index contributed by atoms with van der Waals surface area (Å²) >= 11 is 1.64. The molecule has 0 aliphatic heterocycles. The first kappa shape index (κ1) is 11.4. The zero-order valence-electron chi connectivity index (χ0n) is 9.91. The number of benzene rings is 1. The average molecular weight is 258 g/mol. The van der Waals surface area contributed by atoms with E-state index in [4.69, 9.17) is 5.11 Å². The second kappa shape index (κ2) is 4.92. The molecule has 2 aromatic heterocycles. The van der Waals surface area contributed by atoms with Gasteiger partial charge in [0, 0.05) is 29.9 Å². The Hall–Kier alpha value is -1.65. The first-order chi connectivity index (χ1) is 8.86. The van der Waals surface area contributed by atoms with Crippen molar-refractivity contribution in [1.29, 1.82) is 0 Å². The van der Waals surface area contributed by atoms with Crippen LogP contribution in [-0.4, -0.2) is 21.1 Å². The van der Waals surface area contributed by atoms with Crippen molar-refractivity contribution in [3.8, 4) is 11.3 Å². The van der Waals surface area contributed by atoms with Crippen LogP contribution in [0.25, 0.3) is 16.2 Å². The lowest BCUT2D eigenvalue weighted by Crippen LogP contribution is -1.89. The van der Waals surface area contributed by atoms with Crippen LogP contribution in [0.3, 0.4) is 0 Å². The van der Waals surface area contributed by atoms with Crippen LogP contribution in [0, 0.1) is 0 Å². The Bertz CT molecular complexity index is 611. The van der Waals surface area contributed by atoms with Crippen molar-refractivity contribution in [2.75, 3.05) is 6.61 Å². The number of imidazole rings is 1. The van der Waals surface area contributed by atoms with E-state index < -0.39 is 0 Å². The molecule has 0 fully saturated rings. The first-order valence-corrected chi connectivity index (χ1v) is 6.87. The Morgan fingerprint density at radius 1 is 1.22 bits per heavy atom. The molecule has 0 saturated heterocycles. The number of hydrogen-bond donors (Lipinski definition) is 1. The number of thiazole rings is 1. The number of nitrogens with zero attached hydrogens (tertiary/aromatic N) is 2. The van der Waals surface area contributed by atoms with Gasteiger partial charge in [-0.1, -0.05) is 24.3 Å². The van der Waals surface area contributed by atoms with Crippen LogP contribution in [0.5, 0.6) is 0 Å². The van der Waals surface area contributed by atoms with Gasteiger partial charge in [-0.05, 0) is 18.4 Å². The SMILES string of the molecule is OCCCc1ccc(-c2cn3ccsc3n2)cc1. The van der Waals surface area contributed by atoms with Crippen molar-refractivity contribution in [3.05, 3.63) is 47.6 Å². The highest BCUT2D eigenvalue weighted by Crippen LogP contribution is 2.22. The number of aryl methyl sites for hydroxylation is 1. The second-order valence-corrected chi connectivity index (χ2v) is 5.12. The smallest absolute Gasteiger partial charge is 0.194 e. The average Bonchev–Trinajstić information content (AvgIpc) is 2.97. The van der Waals surface area contributed by atoms with Crippen molar-refractivity contribution in [2.45, 2.75) is 12.8 Å². The molecular formula is C14H14N2OS. The van der Waals surface area contributed by atoms with Crippen molar-refractivity contribution in [1.82, 2.24) is 9.38 Å². The standard InChI is InChI=1S/C14H14N2OS/c17-8-1-2-11-3-5-12(6-4-11)13-10-16-7-9-18-14(16)15-13/h3-7,9-10,17H,1-2,8H2. The van der Waals surface area contributed by atoms with Gasteiger partial charge in [0.15, 0.2) is 4.96 Å². The van der Waals surface area contributed by atoms with Crippen molar-refractivity contribution in [3.63, 3.8) is 0 Å². The van der Waals surface area contributed by atoms with E-state index in [0.717, 1.165) is 29.1 Å². The highest BCUT2D eigenvalue weighted by molar-refractivity contribution is 7.15. The zero-order valence-corrected chi connectivity index (χ0v) is 10.7. The predicted molar refractivity (Wildman–Crippen MR) is 73.9 cm³/mol. The molecule has 0 aliphatic carbocycles. The van der Waals surface area contributed by atoms with Gasteiger partial charge in [-0.2, -0.15) is 0 Å². The van der Waals surface area contributed by atoms with E-state index >= 15 is 0 Å². The third kappa shape index (κ3) is 2.17. The van der Waals surface area contributed by atoms with E-state index in [9.17, 15) is 0 Å². The highest BCUT2D eigenvalue weighted by atomic mass is 32.1. The fraction of sp³-hybridized carbons (Fsp3) is 0.214. The van der Waals surface area contributed by atoms with Gasteiger partial charge in [0.05, 0.1) is 5.69 Å². The summed E-state index contributed by atoms with van der Waals surface area (Å²) in [5.41, 5.74) is 3.41. The largest absolute Gasteiger partial charge is 0.396 e. The molecule has 1 aromatic carbocycles. The minimum Gasteiger partial charge on any atom is -0.396 e. The highest BCUT2D eigenvalue weighted by Gasteiger charge is 2.04. The molecule has 0 aliphatic rings. The van der Waals surface area contributed by atoms with Crippen LogP contribution in [0.4, 0.5) is 0 Å². The van der Waals surface area contributed by atoms with E-state index in [0.29, 0.717) is 0 Å². The second-order valence-electron chi connectivity index (χ2n) is 4.24. The maximum absolute atomic E-state index is 8.81. The quantitative estimate of drug-likeness (QED) is 0.781. The molecule has 0 saturated carbocycles. The third-order valence-electron chi connectivity index (χ3n) is 2.97. The van der Waals surface area contributed by atoms with Crippen LogP contribution in [0.15, 0.2) is 42.0 Å². The lowest BCUT2D eigenvalue weighted by molar-refractivity contribution is 0.288. The molecule has 0 bridgehead atoms. The summed E-state index contributed by atoms with van der Waals surface area (Å²) < 4.78 is 2.04. The molecule has 0 amide bonds. The molecule has 0 radical (unpaired) electrons. The van der Waals surface area contributed by atoms with E-state index in [-0.39, 0.29) is 6.61 Å². The van der Waals surface area contributed by atoms with Crippen LogP contribution >= 0.6 is 11.3 Å². The van der Waals surface area contributed by atoms with Gasteiger partial charge in [0.1, 0.15) is 0 Å². The molecule has 3 nitrogen and oxygen atoms in total. The van der Waals surface area contributed by atoms with E-state index in [2.05, 4.69) is 35.4 Å². The summed E-state index contributed by atoms with van der Waals surface area (Å²) in [6.45, 7) is 0.249. The van der Waals surface area contributed by atoms with Crippen LogP contribution in [0.2, 0.25) is 0 Å². The number of aliphatic hydroxyl groups excluding tert-OH is 1. The summed E-state index contributed by atoms with van der Waals surface area (Å²) in [5, 5.41) is 10.8. The van der Waals surface area contributed by atoms with Crippen molar-refractivity contribution < 1.29 is 5.11 Å². The molecule has 3 rings (SSSR count). The molecule has 4 heteroatoms. The Labute approximate surface area is 109 Å². The fourth-order valence-electron chi connectivity index (χ4n) is 1.99. The third-order valence-corrected chi connectivity index (χ3v) is 3.74. The van der Waals surface area contributed by atoms with Crippen molar-refractivity contribution in [2.24, 2.45) is 0 Å². The van der Waals surface area contributed by atoms with Gasteiger partial charge < -0.3 is 5.11 Å². The Kier molecular flexibility index (Phi) is 3.13. The number of aromatic nitrogens is 2. The van der Waals surface area contributed by atoms with Gasteiger partial charge in [0.2, 0.25) is 0 Å². The van der Waals surface area contributed by atoms with Gasteiger partial charge in [-0.25, -0.2) is 4.98 Å². The topological polar surface area (TPSA) is 37.5 Å². The minimum absolute atomic E-state index is 0.249. The summed E-state index contributed by atoms with van der Waals surface area (Å²) in [7, 11) is 0. The molecule has 0 unspecified atom stereocenters. The fourth-order valence-corrected chi connectivity index (χ4v) is 2.69. The molecule has 0 atom stereocenters. The summed E-state index contributed by atoms with van der Waals surface area (Å²) in [5.74, 6) is 0. The van der Waals surface area contributed by atoms with Gasteiger partial charge >= 0.3 is 0 Å². The normalized spacial score (nSPS) is 11.2. The summed E-state index contributed by atoms with van der Waals surface area (Å²) in [4.78, 5) is 5.60. The maximum atomic E-state index is 8.81. The van der Waals surface area contributed by atoms with Crippen LogP contribution in [-0.2, 0) is 6.42 Å². The molecule has 18 heavy (non-hydrogen) atoms.